The second-order valence-electron chi connectivity index (χ2n) is 3.97. The molecule has 0 spiro atoms. The Hall–Kier alpha value is -1.85. The highest BCUT2D eigenvalue weighted by atomic mass is 19.4. The third kappa shape index (κ3) is 3.58. The molecule has 3 nitrogen and oxygen atoms in total. The topological polar surface area (TPSA) is 54.4 Å². The molecule has 98 valence electrons. The average molecular weight is 260 g/mol. The molecule has 0 fully saturated rings. The first-order valence-electron chi connectivity index (χ1n) is 5.15. The number of hydrogen-bond acceptors (Lipinski definition) is 2. The summed E-state index contributed by atoms with van der Waals surface area (Å²) >= 11 is 0. The van der Waals surface area contributed by atoms with Gasteiger partial charge in [0.25, 0.3) is 0 Å². The van der Waals surface area contributed by atoms with Crippen LogP contribution in [0.1, 0.15) is 18.1 Å². The van der Waals surface area contributed by atoms with Crippen LogP contribution in [0.2, 0.25) is 0 Å². The van der Waals surface area contributed by atoms with E-state index in [0.717, 1.165) is 12.1 Å². The number of carboxylic acid groups (broad SMARTS) is 1. The van der Waals surface area contributed by atoms with E-state index in [1.165, 1.54) is 19.1 Å². The normalized spacial score (nSPS) is 13.1. The summed E-state index contributed by atoms with van der Waals surface area (Å²) in [4.78, 5) is 21.5. The zero-order chi connectivity index (χ0) is 13.9. The van der Waals surface area contributed by atoms with Crippen LogP contribution in [0, 0.1) is 5.92 Å². The van der Waals surface area contributed by atoms with E-state index in [9.17, 15) is 22.8 Å². The van der Waals surface area contributed by atoms with Gasteiger partial charge in [-0.2, -0.15) is 13.2 Å². The molecule has 0 saturated heterocycles. The van der Waals surface area contributed by atoms with E-state index in [2.05, 4.69) is 0 Å². The Labute approximate surface area is 101 Å². The summed E-state index contributed by atoms with van der Waals surface area (Å²) in [7, 11) is 0. The summed E-state index contributed by atoms with van der Waals surface area (Å²) in [5, 5.41) is 8.48. The number of rotatable bonds is 4. The molecule has 1 unspecified atom stereocenters. The van der Waals surface area contributed by atoms with Gasteiger partial charge in [-0.3, -0.25) is 4.79 Å². The van der Waals surface area contributed by atoms with Gasteiger partial charge in [-0.05, 0) is 18.1 Å². The monoisotopic (exact) mass is 260 g/mol. The van der Waals surface area contributed by atoms with Gasteiger partial charge >= 0.3 is 12.1 Å². The van der Waals surface area contributed by atoms with Gasteiger partial charge < -0.3 is 5.11 Å². The van der Waals surface area contributed by atoms with Crippen LogP contribution in [-0.4, -0.2) is 16.9 Å². The van der Waals surface area contributed by atoms with Crippen molar-refractivity contribution >= 4 is 11.8 Å². The summed E-state index contributed by atoms with van der Waals surface area (Å²) in [5.41, 5.74) is -0.526. The molecular formula is C12H11F3O3. The van der Waals surface area contributed by atoms with Crippen LogP contribution in [0.5, 0.6) is 0 Å². The van der Waals surface area contributed by atoms with E-state index >= 15 is 0 Å². The molecule has 0 heterocycles. The average Bonchev–Trinajstić information content (AvgIpc) is 2.27. The highest BCUT2D eigenvalue weighted by Crippen LogP contribution is 2.29. The Morgan fingerprint density at radius 3 is 2.44 bits per heavy atom. The third-order valence-electron chi connectivity index (χ3n) is 2.45. The Kier molecular flexibility index (Phi) is 4.11. The standard InChI is InChI=1S/C12H11F3O3/c1-7(10(16)11(17)18)5-8-3-2-4-9(6-8)12(13,14)15/h2-4,6-7H,5H2,1H3,(H,17,18). The number of halogens is 3. The van der Waals surface area contributed by atoms with Crippen LogP contribution in [-0.2, 0) is 22.2 Å². The maximum absolute atomic E-state index is 12.4. The fourth-order valence-electron chi connectivity index (χ4n) is 1.53. The number of ketones is 1. The Bertz CT molecular complexity index is 466. The molecule has 0 aliphatic carbocycles. The number of hydrogen-bond donors (Lipinski definition) is 1. The van der Waals surface area contributed by atoms with Crippen molar-refractivity contribution in [3.63, 3.8) is 0 Å². The van der Waals surface area contributed by atoms with Gasteiger partial charge in [0.05, 0.1) is 5.56 Å². The van der Waals surface area contributed by atoms with Crippen molar-refractivity contribution in [2.24, 2.45) is 5.92 Å². The smallest absolute Gasteiger partial charge is 0.416 e. The predicted molar refractivity (Wildman–Crippen MR) is 57.0 cm³/mol. The molecule has 0 aliphatic rings. The van der Waals surface area contributed by atoms with E-state index in [1.54, 1.807) is 0 Å². The van der Waals surface area contributed by atoms with Crippen LogP contribution < -0.4 is 0 Å². The summed E-state index contributed by atoms with van der Waals surface area (Å²) in [6.45, 7) is 1.37. The van der Waals surface area contributed by atoms with Gasteiger partial charge in [0.15, 0.2) is 0 Å². The minimum absolute atomic E-state index is 0.0327. The van der Waals surface area contributed by atoms with Crippen molar-refractivity contribution in [1.29, 1.82) is 0 Å². The lowest BCUT2D eigenvalue weighted by Crippen LogP contribution is -2.22. The van der Waals surface area contributed by atoms with Crippen molar-refractivity contribution in [3.8, 4) is 0 Å². The number of alkyl halides is 3. The molecular weight excluding hydrogens is 249 g/mol. The molecule has 0 radical (unpaired) electrons. The predicted octanol–water partition coefficient (Wildman–Crippen LogP) is 2.54. The Morgan fingerprint density at radius 2 is 1.94 bits per heavy atom. The SMILES string of the molecule is CC(Cc1cccc(C(F)(F)F)c1)C(=O)C(=O)O. The lowest BCUT2D eigenvalue weighted by Gasteiger charge is -2.11. The zero-order valence-electron chi connectivity index (χ0n) is 9.49. The van der Waals surface area contributed by atoms with E-state index in [4.69, 9.17) is 5.11 Å². The summed E-state index contributed by atoms with van der Waals surface area (Å²) in [6.07, 6.45) is -4.48. The van der Waals surface area contributed by atoms with E-state index in [1.807, 2.05) is 0 Å². The number of benzene rings is 1. The molecule has 1 aromatic carbocycles. The molecule has 1 atom stereocenters. The highest BCUT2D eigenvalue weighted by molar-refractivity contribution is 6.33. The fraction of sp³-hybridized carbons (Fsp3) is 0.333. The van der Waals surface area contributed by atoms with Crippen molar-refractivity contribution < 1.29 is 27.9 Å². The molecule has 0 aromatic heterocycles. The first-order chi connectivity index (χ1) is 8.21. The molecule has 1 rings (SSSR count). The van der Waals surface area contributed by atoms with Crippen LogP contribution in [0.25, 0.3) is 0 Å². The van der Waals surface area contributed by atoms with Crippen LogP contribution in [0.15, 0.2) is 24.3 Å². The van der Waals surface area contributed by atoms with Gasteiger partial charge in [-0.1, -0.05) is 25.1 Å². The summed E-state index contributed by atoms with van der Waals surface area (Å²) in [5.74, 6) is -3.44. The van der Waals surface area contributed by atoms with E-state index in [-0.39, 0.29) is 12.0 Å². The Morgan fingerprint density at radius 1 is 1.33 bits per heavy atom. The summed E-state index contributed by atoms with van der Waals surface area (Å²) in [6, 6.07) is 4.51. The molecule has 0 bridgehead atoms. The quantitative estimate of drug-likeness (QED) is 0.846. The van der Waals surface area contributed by atoms with Crippen LogP contribution in [0.4, 0.5) is 13.2 Å². The zero-order valence-corrected chi connectivity index (χ0v) is 9.49. The maximum Gasteiger partial charge on any atom is 0.416 e. The summed E-state index contributed by atoms with van der Waals surface area (Å²) < 4.78 is 37.3. The van der Waals surface area contributed by atoms with Gasteiger partial charge in [-0.25, -0.2) is 4.79 Å². The lowest BCUT2D eigenvalue weighted by molar-refractivity contribution is -0.150. The van der Waals surface area contributed by atoms with Crippen molar-refractivity contribution in [3.05, 3.63) is 35.4 Å². The minimum atomic E-state index is -4.45. The second-order valence-corrected chi connectivity index (χ2v) is 3.97. The molecule has 0 saturated carbocycles. The number of aliphatic carboxylic acids is 1. The van der Waals surface area contributed by atoms with Gasteiger partial charge in [0, 0.05) is 5.92 Å². The Balaban J connectivity index is 2.86. The number of carboxylic acids is 1. The van der Waals surface area contributed by atoms with Crippen LogP contribution in [0.3, 0.4) is 0 Å². The first kappa shape index (κ1) is 14.2. The maximum atomic E-state index is 12.4. The molecule has 18 heavy (non-hydrogen) atoms. The minimum Gasteiger partial charge on any atom is -0.475 e. The molecule has 1 aromatic rings. The second kappa shape index (κ2) is 5.20. The lowest BCUT2D eigenvalue weighted by atomic mass is 9.96. The number of carbonyl (C=O) groups is 2. The first-order valence-corrected chi connectivity index (χ1v) is 5.15. The van der Waals surface area contributed by atoms with E-state index in [0.29, 0.717) is 0 Å². The van der Waals surface area contributed by atoms with Crippen LogP contribution >= 0.6 is 0 Å². The van der Waals surface area contributed by atoms with Gasteiger partial charge in [-0.15, -0.1) is 0 Å². The van der Waals surface area contributed by atoms with Crippen molar-refractivity contribution in [2.75, 3.05) is 0 Å². The number of carbonyl (C=O) groups excluding carboxylic acids is 1. The van der Waals surface area contributed by atoms with Crippen molar-refractivity contribution in [2.45, 2.75) is 19.5 Å². The molecule has 1 N–H and O–H groups in total. The largest absolute Gasteiger partial charge is 0.475 e. The van der Waals surface area contributed by atoms with Gasteiger partial charge in [0.2, 0.25) is 5.78 Å². The van der Waals surface area contributed by atoms with E-state index < -0.39 is 29.4 Å². The highest BCUT2D eigenvalue weighted by Gasteiger charge is 2.30. The van der Waals surface area contributed by atoms with Crippen molar-refractivity contribution in [1.82, 2.24) is 0 Å². The fourth-order valence-corrected chi connectivity index (χ4v) is 1.53. The molecule has 0 aliphatic heterocycles. The van der Waals surface area contributed by atoms with Gasteiger partial charge in [0.1, 0.15) is 0 Å². The number of Topliss-reactive ketones (excluding diaryl/α,β-unsaturated/α-hetero) is 1. The third-order valence-corrected chi connectivity index (χ3v) is 2.45. The molecule has 6 heteroatoms. The molecule has 0 amide bonds.